The largest absolute Gasteiger partial charge is 0.310 e. The van der Waals surface area contributed by atoms with Crippen LogP contribution in [-0.2, 0) is 10.2 Å². The van der Waals surface area contributed by atoms with Crippen molar-refractivity contribution in [1.82, 2.24) is 4.98 Å². The van der Waals surface area contributed by atoms with E-state index in [9.17, 15) is 4.79 Å². The summed E-state index contributed by atoms with van der Waals surface area (Å²) in [5, 5.41) is 2.94. The van der Waals surface area contributed by atoms with Gasteiger partial charge in [-0.05, 0) is 55.2 Å². The molecule has 2 aromatic rings. The Hall–Kier alpha value is -1.68. The molecular weight excluding hydrogens is 316 g/mol. The van der Waals surface area contributed by atoms with Crippen LogP contribution in [0, 0.1) is 6.92 Å². The number of hydrogen-bond acceptors (Lipinski definition) is 2. The highest BCUT2D eigenvalue weighted by atomic mass is 79.9. The fraction of sp³-hybridized carbons (Fsp3) is 0.250. The number of carbonyl (C=O) groups excluding carboxylic acids is 1. The number of aromatic nitrogens is 1. The summed E-state index contributed by atoms with van der Waals surface area (Å²) < 4.78 is 1.00. The average molecular weight is 331 g/mol. The Labute approximate surface area is 126 Å². The molecule has 1 saturated carbocycles. The molecule has 1 heterocycles. The third kappa shape index (κ3) is 2.48. The number of halogens is 1. The lowest BCUT2D eigenvalue weighted by Crippen LogP contribution is -2.28. The van der Waals surface area contributed by atoms with Gasteiger partial charge in [0.15, 0.2) is 0 Å². The first-order valence-electron chi connectivity index (χ1n) is 6.60. The highest BCUT2D eigenvalue weighted by molar-refractivity contribution is 9.10. The van der Waals surface area contributed by atoms with Gasteiger partial charge >= 0.3 is 0 Å². The minimum Gasteiger partial charge on any atom is -0.310 e. The molecule has 1 aliphatic carbocycles. The maximum Gasteiger partial charge on any atom is 0.236 e. The second kappa shape index (κ2) is 5.02. The number of carbonyl (C=O) groups is 1. The lowest BCUT2D eigenvalue weighted by atomic mass is 9.95. The Morgan fingerprint density at radius 1 is 1.30 bits per heavy atom. The molecule has 1 amide bonds. The molecule has 0 atom stereocenters. The number of hydrogen-bond donors (Lipinski definition) is 1. The molecule has 0 saturated heterocycles. The van der Waals surface area contributed by atoms with Crippen molar-refractivity contribution in [3.05, 3.63) is 58.2 Å². The van der Waals surface area contributed by atoms with Crippen molar-refractivity contribution in [2.45, 2.75) is 25.2 Å². The topological polar surface area (TPSA) is 42.0 Å². The van der Waals surface area contributed by atoms with Gasteiger partial charge in [0.25, 0.3) is 0 Å². The number of anilines is 1. The van der Waals surface area contributed by atoms with E-state index >= 15 is 0 Å². The second-order valence-corrected chi connectivity index (χ2v) is 6.18. The van der Waals surface area contributed by atoms with Crippen LogP contribution in [0.25, 0.3) is 0 Å². The molecule has 0 aliphatic heterocycles. The first-order valence-corrected chi connectivity index (χ1v) is 7.40. The van der Waals surface area contributed by atoms with E-state index in [4.69, 9.17) is 0 Å². The Balaban J connectivity index is 1.83. The molecule has 20 heavy (non-hydrogen) atoms. The summed E-state index contributed by atoms with van der Waals surface area (Å²) in [6, 6.07) is 11.8. The molecule has 1 fully saturated rings. The zero-order chi connectivity index (χ0) is 14.2. The van der Waals surface area contributed by atoms with Crippen molar-refractivity contribution in [1.29, 1.82) is 0 Å². The van der Waals surface area contributed by atoms with Gasteiger partial charge < -0.3 is 5.32 Å². The summed E-state index contributed by atoms with van der Waals surface area (Å²) >= 11 is 3.46. The molecule has 1 aromatic carbocycles. The fourth-order valence-electron chi connectivity index (χ4n) is 2.40. The zero-order valence-electron chi connectivity index (χ0n) is 11.2. The smallest absolute Gasteiger partial charge is 0.236 e. The lowest BCUT2D eigenvalue weighted by molar-refractivity contribution is -0.118. The predicted octanol–water partition coefficient (Wildman–Crippen LogP) is 3.82. The van der Waals surface area contributed by atoms with E-state index < -0.39 is 0 Å². The number of amides is 1. The van der Waals surface area contributed by atoms with Gasteiger partial charge in [0.1, 0.15) is 5.82 Å². The van der Waals surface area contributed by atoms with Gasteiger partial charge in [-0.3, -0.25) is 4.79 Å². The van der Waals surface area contributed by atoms with Crippen LogP contribution >= 0.6 is 15.9 Å². The number of aryl methyl sites for hydroxylation is 1. The number of nitrogens with one attached hydrogen (secondary N) is 1. The third-order valence-electron chi connectivity index (χ3n) is 3.72. The lowest BCUT2D eigenvalue weighted by Gasteiger charge is -2.15. The Morgan fingerprint density at radius 2 is 2.10 bits per heavy atom. The number of benzene rings is 1. The third-order valence-corrected chi connectivity index (χ3v) is 4.21. The van der Waals surface area contributed by atoms with Crippen LogP contribution in [0.1, 0.15) is 24.0 Å². The summed E-state index contributed by atoms with van der Waals surface area (Å²) in [5.41, 5.74) is 1.77. The standard InChI is InChI=1S/C16H15BrN2O/c1-11-5-8-18-14(9-11)19-15(20)16(6-7-16)12-3-2-4-13(17)10-12/h2-5,8-10H,6-7H2,1H3,(H,18,19,20). The van der Waals surface area contributed by atoms with Crippen LogP contribution in [0.2, 0.25) is 0 Å². The van der Waals surface area contributed by atoms with E-state index in [0.717, 1.165) is 28.4 Å². The van der Waals surface area contributed by atoms with Crippen LogP contribution in [0.4, 0.5) is 5.82 Å². The quantitative estimate of drug-likeness (QED) is 0.929. The van der Waals surface area contributed by atoms with E-state index in [0.29, 0.717) is 5.82 Å². The van der Waals surface area contributed by atoms with E-state index in [1.54, 1.807) is 6.20 Å². The summed E-state index contributed by atoms with van der Waals surface area (Å²) in [7, 11) is 0. The molecular formula is C16H15BrN2O. The van der Waals surface area contributed by atoms with E-state index in [-0.39, 0.29) is 11.3 Å². The highest BCUT2D eigenvalue weighted by Gasteiger charge is 2.51. The SMILES string of the molecule is Cc1ccnc(NC(=O)C2(c3cccc(Br)c3)CC2)c1. The molecule has 0 unspecified atom stereocenters. The first-order chi connectivity index (χ1) is 9.60. The fourth-order valence-corrected chi connectivity index (χ4v) is 2.80. The number of rotatable bonds is 3. The van der Waals surface area contributed by atoms with E-state index in [2.05, 4.69) is 26.2 Å². The van der Waals surface area contributed by atoms with Gasteiger partial charge in [0.05, 0.1) is 5.41 Å². The summed E-state index contributed by atoms with van der Waals surface area (Å²) in [6.45, 7) is 1.98. The summed E-state index contributed by atoms with van der Waals surface area (Å²) in [5.74, 6) is 0.657. The van der Waals surface area contributed by atoms with E-state index in [1.807, 2.05) is 43.3 Å². The Morgan fingerprint density at radius 3 is 2.75 bits per heavy atom. The molecule has 3 rings (SSSR count). The second-order valence-electron chi connectivity index (χ2n) is 5.27. The molecule has 1 aliphatic rings. The highest BCUT2D eigenvalue weighted by Crippen LogP contribution is 2.49. The van der Waals surface area contributed by atoms with Crippen LogP contribution in [0.5, 0.6) is 0 Å². The van der Waals surface area contributed by atoms with Crippen LogP contribution in [0.15, 0.2) is 47.1 Å². The monoisotopic (exact) mass is 330 g/mol. The normalized spacial score (nSPS) is 15.7. The molecule has 0 radical (unpaired) electrons. The maximum absolute atomic E-state index is 12.6. The van der Waals surface area contributed by atoms with Crippen LogP contribution in [-0.4, -0.2) is 10.9 Å². The van der Waals surface area contributed by atoms with Crippen molar-refractivity contribution in [3.8, 4) is 0 Å². The van der Waals surface area contributed by atoms with Gasteiger partial charge in [0.2, 0.25) is 5.91 Å². The van der Waals surface area contributed by atoms with Gasteiger partial charge in [-0.25, -0.2) is 4.98 Å². The zero-order valence-corrected chi connectivity index (χ0v) is 12.8. The first kappa shape index (κ1) is 13.3. The van der Waals surface area contributed by atoms with Crippen LogP contribution in [0.3, 0.4) is 0 Å². The molecule has 1 aromatic heterocycles. The predicted molar refractivity (Wildman–Crippen MR) is 82.7 cm³/mol. The van der Waals surface area contributed by atoms with Crippen molar-refractivity contribution in [2.75, 3.05) is 5.32 Å². The van der Waals surface area contributed by atoms with Gasteiger partial charge in [-0.1, -0.05) is 28.1 Å². The van der Waals surface area contributed by atoms with Crippen molar-refractivity contribution >= 4 is 27.7 Å². The molecule has 3 nitrogen and oxygen atoms in total. The van der Waals surface area contributed by atoms with Gasteiger partial charge in [-0.2, -0.15) is 0 Å². The minimum absolute atomic E-state index is 0.0358. The Bertz CT molecular complexity index is 665. The maximum atomic E-state index is 12.6. The average Bonchev–Trinajstić information content (AvgIpc) is 3.20. The van der Waals surface area contributed by atoms with Crippen molar-refractivity contribution < 1.29 is 4.79 Å². The number of nitrogens with zero attached hydrogens (tertiary/aromatic N) is 1. The molecule has 0 bridgehead atoms. The molecule has 4 heteroatoms. The van der Waals surface area contributed by atoms with Crippen molar-refractivity contribution in [2.24, 2.45) is 0 Å². The Kier molecular flexibility index (Phi) is 3.34. The van der Waals surface area contributed by atoms with Crippen molar-refractivity contribution in [3.63, 3.8) is 0 Å². The van der Waals surface area contributed by atoms with Gasteiger partial charge in [-0.15, -0.1) is 0 Å². The minimum atomic E-state index is -0.380. The molecule has 1 N–H and O–H groups in total. The summed E-state index contributed by atoms with van der Waals surface area (Å²) in [6.07, 6.45) is 3.49. The van der Waals surface area contributed by atoms with Gasteiger partial charge in [0, 0.05) is 10.7 Å². The van der Waals surface area contributed by atoms with Crippen LogP contribution < -0.4 is 5.32 Å². The molecule has 0 spiro atoms. The summed E-state index contributed by atoms with van der Waals surface area (Å²) in [4.78, 5) is 16.7. The van der Waals surface area contributed by atoms with E-state index in [1.165, 1.54) is 0 Å². The number of pyridine rings is 1. The molecule has 102 valence electrons.